The Hall–Kier alpha value is -1.94. The van der Waals surface area contributed by atoms with Crippen molar-refractivity contribution in [3.05, 3.63) is 0 Å². The second kappa shape index (κ2) is 7.35. The van der Waals surface area contributed by atoms with Crippen LogP contribution in [0.1, 0.15) is 26.2 Å². The van der Waals surface area contributed by atoms with Crippen LogP contribution in [0.25, 0.3) is 0 Å². The molecule has 0 spiro atoms. The van der Waals surface area contributed by atoms with Crippen LogP contribution in [0.3, 0.4) is 0 Å². The molecule has 0 aliphatic rings. The van der Waals surface area contributed by atoms with Crippen LogP contribution in [-0.2, 0) is 19.1 Å². The number of esters is 2. The monoisotopic (exact) mass is 236 g/mol. The van der Waals surface area contributed by atoms with Crippen LogP contribution in [0.15, 0.2) is 0 Å². The second-order valence-corrected chi connectivity index (χ2v) is 3.37. The number of hydrogen-bond acceptors (Lipinski definition) is 4. The van der Waals surface area contributed by atoms with E-state index in [1.54, 1.807) is 6.92 Å². The Morgan fingerprint density at radius 1 is 1.24 bits per heavy atom. The number of rotatable bonds is 5. The van der Waals surface area contributed by atoms with E-state index in [0.717, 1.165) is 0 Å². The van der Waals surface area contributed by atoms with Crippen LogP contribution >= 0.6 is 0 Å². The standard InChI is InChI=1S/C13H16O4/c1-5-7-9-13(10-8-6-2,11(14)16-3)12(15)17-4/h1H,7,9-10H2,2-4H3. The highest BCUT2D eigenvalue weighted by Gasteiger charge is 2.47. The summed E-state index contributed by atoms with van der Waals surface area (Å²) in [5.41, 5.74) is -1.42. The summed E-state index contributed by atoms with van der Waals surface area (Å²) >= 11 is 0. The second-order valence-electron chi connectivity index (χ2n) is 3.37. The first-order chi connectivity index (χ1) is 8.08. The van der Waals surface area contributed by atoms with E-state index >= 15 is 0 Å². The predicted molar refractivity (Wildman–Crippen MR) is 62.6 cm³/mol. The number of methoxy groups -OCH3 is 2. The van der Waals surface area contributed by atoms with Crippen molar-refractivity contribution in [2.45, 2.75) is 26.2 Å². The van der Waals surface area contributed by atoms with Gasteiger partial charge >= 0.3 is 11.9 Å². The van der Waals surface area contributed by atoms with E-state index in [4.69, 9.17) is 6.42 Å². The van der Waals surface area contributed by atoms with Gasteiger partial charge in [-0.05, 0) is 13.3 Å². The van der Waals surface area contributed by atoms with Gasteiger partial charge in [-0.15, -0.1) is 24.2 Å². The smallest absolute Gasteiger partial charge is 0.324 e. The zero-order valence-electron chi connectivity index (χ0n) is 10.3. The first-order valence-corrected chi connectivity index (χ1v) is 5.09. The number of carbonyl (C=O) groups is 2. The van der Waals surface area contributed by atoms with Crippen LogP contribution in [0.2, 0.25) is 0 Å². The fourth-order valence-electron chi connectivity index (χ4n) is 1.44. The van der Waals surface area contributed by atoms with Crippen molar-refractivity contribution < 1.29 is 19.1 Å². The van der Waals surface area contributed by atoms with Crippen molar-refractivity contribution >= 4 is 11.9 Å². The van der Waals surface area contributed by atoms with Crippen molar-refractivity contribution in [1.29, 1.82) is 0 Å². The third kappa shape index (κ3) is 3.53. The SMILES string of the molecule is C#CCCC(CC#CC)(C(=O)OC)C(=O)OC. The van der Waals surface area contributed by atoms with E-state index in [9.17, 15) is 9.59 Å². The summed E-state index contributed by atoms with van der Waals surface area (Å²) in [4.78, 5) is 23.6. The lowest BCUT2D eigenvalue weighted by molar-refractivity contribution is -0.169. The highest BCUT2D eigenvalue weighted by Crippen LogP contribution is 2.31. The maximum atomic E-state index is 11.8. The molecule has 0 bridgehead atoms. The number of ether oxygens (including phenoxy) is 2. The highest BCUT2D eigenvalue weighted by atomic mass is 16.5. The molecule has 4 nitrogen and oxygen atoms in total. The molecule has 92 valence electrons. The Kier molecular flexibility index (Phi) is 6.51. The van der Waals surface area contributed by atoms with Gasteiger partial charge in [0.25, 0.3) is 0 Å². The molecule has 0 N–H and O–H groups in total. The molecule has 0 aromatic rings. The molecule has 0 heterocycles. The quantitative estimate of drug-likeness (QED) is 0.408. The van der Waals surface area contributed by atoms with Crippen molar-refractivity contribution in [3.63, 3.8) is 0 Å². The van der Waals surface area contributed by atoms with Gasteiger partial charge < -0.3 is 9.47 Å². The number of hydrogen-bond donors (Lipinski definition) is 0. The molecular formula is C13H16O4. The Morgan fingerprint density at radius 3 is 2.12 bits per heavy atom. The average Bonchev–Trinajstić information content (AvgIpc) is 2.37. The van der Waals surface area contributed by atoms with Crippen molar-refractivity contribution in [2.24, 2.45) is 5.41 Å². The summed E-state index contributed by atoms with van der Waals surface area (Å²) in [5.74, 6) is 6.41. The van der Waals surface area contributed by atoms with E-state index < -0.39 is 17.4 Å². The lowest BCUT2D eigenvalue weighted by atomic mass is 9.80. The molecule has 0 atom stereocenters. The molecule has 0 amide bonds. The summed E-state index contributed by atoms with van der Waals surface area (Å²) in [6.07, 6.45) is 5.64. The number of terminal acetylenes is 1. The van der Waals surface area contributed by atoms with Crippen LogP contribution in [-0.4, -0.2) is 26.2 Å². The molecule has 0 saturated carbocycles. The largest absolute Gasteiger partial charge is 0.468 e. The minimum Gasteiger partial charge on any atom is -0.468 e. The third-order valence-electron chi connectivity index (χ3n) is 2.42. The summed E-state index contributed by atoms with van der Waals surface area (Å²) in [5, 5.41) is 0. The molecular weight excluding hydrogens is 220 g/mol. The highest BCUT2D eigenvalue weighted by molar-refractivity contribution is 6.00. The molecule has 0 rings (SSSR count). The molecule has 0 saturated heterocycles. The maximum Gasteiger partial charge on any atom is 0.324 e. The van der Waals surface area contributed by atoms with Gasteiger partial charge in [-0.25, -0.2) is 0 Å². The van der Waals surface area contributed by atoms with E-state index in [0.29, 0.717) is 0 Å². The van der Waals surface area contributed by atoms with E-state index in [1.807, 2.05) is 0 Å². The molecule has 0 aromatic carbocycles. The van der Waals surface area contributed by atoms with Crippen LogP contribution in [0, 0.1) is 29.6 Å². The lowest BCUT2D eigenvalue weighted by Gasteiger charge is -2.25. The minimum absolute atomic E-state index is 0.0462. The van der Waals surface area contributed by atoms with Crippen LogP contribution in [0.5, 0.6) is 0 Å². The molecule has 0 aliphatic carbocycles. The Labute approximate surface area is 102 Å². The average molecular weight is 236 g/mol. The Balaban J connectivity index is 5.32. The van der Waals surface area contributed by atoms with E-state index in [2.05, 4.69) is 27.2 Å². The maximum absolute atomic E-state index is 11.8. The Bertz CT molecular complexity index is 362. The summed E-state index contributed by atoms with van der Waals surface area (Å²) in [6, 6.07) is 0. The van der Waals surface area contributed by atoms with Crippen LogP contribution in [0.4, 0.5) is 0 Å². The van der Waals surface area contributed by atoms with Gasteiger partial charge in [0.15, 0.2) is 5.41 Å². The van der Waals surface area contributed by atoms with Gasteiger partial charge in [0, 0.05) is 12.8 Å². The minimum atomic E-state index is -1.42. The molecule has 0 unspecified atom stereocenters. The molecule has 0 radical (unpaired) electrons. The van der Waals surface area contributed by atoms with Gasteiger partial charge in [0.1, 0.15) is 0 Å². The summed E-state index contributed by atoms with van der Waals surface area (Å²) in [6.45, 7) is 1.63. The first kappa shape index (κ1) is 15.1. The normalized spacial score (nSPS) is 9.53. The molecule has 4 heteroatoms. The molecule has 0 fully saturated rings. The predicted octanol–water partition coefficient (Wildman–Crippen LogP) is 1.15. The summed E-state index contributed by atoms with van der Waals surface area (Å²) in [7, 11) is 2.44. The van der Waals surface area contributed by atoms with Gasteiger partial charge in [-0.3, -0.25) is 9.59 Å². The van der Waals surface area contributed by atoms with Gasteiger partial charge in [0.05, 0.1) is 14.2 Å². The molecule has 0 aromatic heterocycles. The molecule has 17 heavy (non-hydrogen) atoms. The van der Waals surface area contributed by atoms with E-state index in [-0.39, 0.29) is 19.3 Å². The van der Waals surface area contributed by atoms with Gasteiger partial charge in [-0.2, -0.15) is 0 Å². The van der Waals surface area contributed by atoms with Crippen LogP contribution < -0.4 is 0 Å². The number of carbonyl (C=O) groups excluding carboxylic acids is 2. The molecule has 0 aliphatic heterocycles. The topological polar surface area (TPSA) is 52.6 Å². The zero-order valence-corrected chi connectivity index (χ0v) is 10.3. The van der Waals surface area contributed by atoms with Crippen molar-refractivity contribution in [1.82, 2.24) is 0 Å². The lowest BCUT2D eigenvalue weighted by Crippen LogP contribution is -2.41. The first-order valence-electron chi connectivity index (χ1n) is 5.09. The van der Waals surface area contributed by atoms with Gasteiger partial charge in [-0.1, -0.05) is 0 Å². The van der Waals surface area contributed by atoms with Crippen molar-refractivity contribution in [3.8, 4) is 24.2 Å². The Morgan fingerprint density at radius 2 is 1.76 bits per heavy atom. The third-order valence-corrected chi connectivity index (χ3v) is 2.42. The zero-order chi connectivity index (χ0) is 13.3. The van der Waals surface area contributed by atoms with Gasteiger partial charge in [0.2, 0.25) is 0 Å². The fraction of sp³-hybridized carbons (Fsp3) is 0.538. The summed E-state index contributed by atoms with van der Waals surface area (Å²) < 4.78 is 9.31. The van der Waals surface area contributed by atoms with Crippen molar-refractivity contribution in [2.75, 3.05) is 14.2 Å². The van der Waals surface area contributed by atoms with E-state index in [1.165, 1.54) is 14.2 Å². The fourth-order valence-corrected chi connectivity index (χ4v) is 1.44.